The number of carbonyl (C=O) groups excluding carboxylic acids is 1. The summed E-state index contributed by atoms with van der Waals surface area (Å²) in [4.78, 5) is 14.5. The number of aryl methyl sites for hydroxylation is 2. The molecule has 106 valence electrons. The van der Waals surface area contributed by atoms with E-state index in [-0.39, 0.29) is 17.6 Å². The van der Waals surface area contributed by atoms with Crippen molar-refractivity contribution in [3.05, 3.63) is 39.2 Å². The van der Waals surface area contributed by atoms with Crippen LogP contribution in [-0.2, 0) is 0 Å². The van der Waals surface area contributed by atoms with Gasteiger partial charge in [-0.3, -0.25) is 4.79 Å². The Balaban J connectivity index is 2.08. The van der Waals surface area contributed by atoms with E-state index in [9.17, 15) is 4.79 Å². The molecule has 0 radical (unpaired) electrons. The van der Waals surface area contributed by atoms with Gasteiger partial charge in [-0.15, -0.1) is 21.5 Å². The molecule has 0 fully saturated rings. The number of rotatable bonds is 4. The predicted molar refractivity (Wildman–Crippen MR) is 79.5 cm³/mol. The highest BCUT2D eigenvalue weighted by atomic mass is 32.1. The van der Waals surface area contributed by atoms with Crippen LogP contribution in [0.1, 0.15) is 38.8 Å². The van der Waals surface area contributed by atoms with Crippen molar-refractivity contribution in [1.82, 2.24) is 15.5 Å². The molecule has 2 aromatic heterocycles. The number of nitrogen functional groups attached to an aromatic ring is 1. The van der Waals surface area contributed by atoms with Gasteiger partial charge in [-0.1, -0.05) is 0 Å². The van der Waals surface area contributed by atoms with Crippen LogP contribution in [-0.4, -0.2) is 16.1 Å². The van der Waals surface area contributed by atoms with Crippen molar-refractivity contribution in [3.8, 4) is 0 Å². The lowest BCUT2D eigenvalue weighted by Gasteiger charge is -2.13. The minimum Gasteiger partial charge on any atom is -0.344 e. The van der Waals surface area contributed by atoms with Crippen molar-refractivity contribution >= 4 is 23.1 Å². The molecule has 0 spiro atoms. The molecule has 1 atom stereocenters. The first kappa shape index (κ1) is 14.4. The van der Waals surface area contributed by atoms with Gasteiger partial charge < -0.3 is 10.7 Å². The average molecular weight is 291 g/mol. The Morgan fingerprint density at radius 3 is 2.60 bits per heavy atom. The average Bonchev–Trinajstić information content (AvgIpc) is 2.78. The summed E-state index contributed by atoms with van der Waals surface area (Å²) in [6, 6.07) is 5.21. The van der Waals surface area contributed by atoms with Gasteiger partial charge in [0, 0.05) is 9.75 Å². The molecule has 0 saturated heterocycles. The summed E-state index contributed by atoms with van der Waals surface area (Å²) < 4.78 is 0. The molecule has 0 aliphatic rings. The third kappa shape index (κ3) is 3.12. The van der Waals surface area contributed by atoms with Crippen LogP contribution in [0.5, 0.6) is 0 Å². The molecular formula is C13H17N5OS. The number of aromatic nitrogens is 2. The van der Waals surface area contributed by atoms with E-state index in [0.717, 1.165) is 5.56 Å². The van der Waals surface area contributed by atoms with Gasteiger partial charge in [0.1, 0.15) is 0 Å². The first-order chi connectivity index (χ1) is 9.51. The number of nitrogens with one attached hydrogen (secondary N) is 2. The summed E-state index contributed by atoms with van der Waals surface area (Å²) in [5.74, 6) is 5.36. The highest BCUT2D eigenvalue weighted by Gasteiger charge is 2.16. The number of anilines is 1. The molecule has 2 rings (SSSR count). The van der Waals surface area contributed by atoms with E-state index in [1.54, 1.807) is 23.5 Å². The zero-order chi connectivity index (χ0) is 14.7. The highest BCUT2D eigenvalue weighted by Crippen LogP contribution is 2.26. The number of hydrogen-bond donors (Lipinski definition) is 3. The molecule has 0 saturated carbocycles. The van der Waals surface area contributed by atoms with E-state index in [1.807, 2.05) is 6.92 Å². The van der Waals surface area contributed by atoms with Crippen molar-refractivity contribution in [2.45, 2.75) is 26.8 Å². The molecule has 2 heterocycles. The molecular weight excluding hydrogens is 274 g/mol. The number of nitrogens with zero attached hydrogens (tertiary/aromatic N) is 2. The molecule has 0 aliphatic carbocycles. The first-order valence-electron chi connectivity index (χ1n) is 6.19. The maximum atomic E-state index is 12.1. The normalized spacial score (nSPS) is 12.0. The van der Waals surface area contributed by atoms with Crippen LogP contribution >= 0.6 is 11.3 Å². The Kier molecular flexibility index (Phi) is 4.31. The van der Waals surface area contributed by atoms with Gasteiger partial charge in [0.2, 0.25) is 0 Å². The van der Waals surface area contributed by atoms with E-state index in [4.69, 9.17) is 5.84 Å². The molecule has 1 unspecified atom stereocenters. The minimum absolute atomic E-state index is 0.0680. The van der Waals surface area contributed by atoms with Crippen LogP contribution in [0.4, 0.5) is 5.82 Å². The lowest BCUT2D eigenvalue weighted by atomic mass is 10.1. The summed E-state index contributed by atoms with van der Waals surface area (Å²) in [6.07, 6.45) is 0. The zero-order valence-corrected chi connectivity index (χ0v) is 12.4. The second kappa shape index (κ2) is 5.98. The number of hydrogen-bond acceptors (Lipinski definition) is 6. The van der Waals surface area contributed by atoms with E-state index in [2.05, 4.69) is 40.9 Å². The van der Waals surface area contributed by atoms with E-state index in [0.29, 0.717) is 5.82 Å². The summed E-state index contributed by atoms with van der Waals surface area (Å²) in [6.45, 7) is 6.06. The monoisotopic (exact) mass is 291 g/mol. The Hall–Kier alpha value is -1.99. The van der Waals surface area contributed by atoms with E-state index < -0.39 is 0 Å². The van der Waals surface area contributed by atoms with Crippen LogP contribution in [0.3, 0.4) is 0 Å². The summed E-state index contributed by atoms with van der Waals surface area (Å²) in [5.41, 5.74) is 3.76. The van der Waals surface area contributed by atoms with Gasteiger partial charge in [0.15, 0.2) is 11.5 Å². The van der Waals surface area contributed by atoms with Crippen LogP contribution in [0.25, 0.3) is 0 Å². The van der Waals surface area contributed by atoms with Crippen molar-refractivity contribution in [2.24, 2.45) is 5.84 Å². The van der Waals surface area contributed by atoms with Gasteiger partial charge in [-0.25, -0.2) is 5.84 Å². The van der Waals surface area contributed by atoms with Gasteiger partial charge in [0.25, 0.3) is 5.91 Å². The number of amides is 1. The molecule has 0 aliphatic heterocycles. The Morgan fingerprint density at radius 2 is 2.10 bits per heavy atom. The molecule has 6 nitrogen and oxygen atoms in total. The fourth-order valence-electron chi connectivity index (χ4n) is 1.96. The summed E-state index contributed by atoms with van der Waals surface area (Å²) in [5, 5.41) is 10.5. The Labute approximate surface area is 121 Å². The molecule has 0 aromatic carbocycles. The van der Waals surface area contributed by atoms with Crippen molar-refractivity contribution in [3.63, 3.8) is 0 Å². The standard InChI is InChI=1S/C13H17N5OS/c1-7-6-10(9(3)20-7)8(2)15-13(19)11-4-5-12(16-14)18-17-11/h4-6,8H,14H2,1-3H3,(H,15,19)(H,16,18). The van der Waals surface area contributed by atoms with Gasteiger partial charge in [-0.2, -0.15) is 0 Å². The van der Waals surface area contributed by atoms with Crippen molar-refractivity contribution in [1.29, 1.82) is 0 Å². The van der Waals surface area contributed by atoms with Crippen molar-refractivity contribution in [2.75, 3.05) is 5.43 Å². The summed E-state index contributed by atoms with van der Waals surface area (Å²) in [7, 11) is 0. The minimum atomic E-state index is -0.253. The lowest BCUT2D eigenvalue weighted by Crippen LogP contribution is -2.28. The largest absolute Gasteiger partial charge is 0.344 e. The number of carbonyl (C=O) groups is 1. The first-order valence-corrected chi connectivity index (χ1v) is 7.01. The molecule has 7 heteroatoms. The van der Waals surface area contributed by atoms with Crippen LogP contribution in [0, 0.1) is 13.8 Å². The van der Waals surface area contributed by atoms with Gasteiger partial charge in [-0.05, 0) is 44.5 Å². The second-order valence-electron chi connectivity index (χ2n) is 4.51. The Bertz CT molecular complexity index is 608. The molecule has 4 N–H and O–H groups in total. The maximum Gasteiger partial charge on any atom is 0.272 e. The third-order valence-corrected chi connectivity index (χ3v) is 3.92. The van der Waals surface area contributed by atoms with Crippen molar-refractivity contribution < 1.29 is 4.79 Å². The molecule has 1 amide bonds. The summed E-state index contributed by atoms with van der Waals surface area (Å²) >= 11 is 1.72. The topological polar surface area (TPSA) is 92.9 Å². The fourth-order valence-corrected chi connectivity index (χ4v) is 2.98. The Morgan fingerprint density at radius 1 is 1.35 bits per heavy atom. The maximum absolute atomic E-state index is 12.1. The van der Waals surface area contributed by atoms with Crippen LogP contribution in [0.15, 0.2) is 18.2 Å². The fraction of sp³-hybridized carbons (Fsp3) is 0.308. The number of thiophene rings is 1. The SMILES string of the molecule is Cc1cc(C(C)NC(=O)c2ccc(NN)nn2)c(C)s1. The molecule has 20 heavy (non-hydrogen) atoms. The number of nitrogens with two attached hydrogens (primary N) is 1. The van der Waals surface area contributed by atoms with E-state index >= 15 is 0 Å². The molecule has 2 aromatic rings. The van der Waals surface area contributed by atoms with E-state index in [1.165, 1.54) is 9.75 Å². The van der Waals surface area contributed by atoms with Crippen LogP contribution in [0.2, 0.25) is 0 Å². The predicted octanol–water partition coefficient (Wildman–Crippen LogP) is 1.93. The third-order valence-electron chi connectivity index (χ3n) is 2.94. The zero-order valence-electron chi connectivity index (χ0n) is 11.6. The number of hydrazine groups is 1. The van der Waals surface area contributed by atoms with Crippen LogP contribution < -0.4 is 16.6 Å². The molecule has 0 bridgehead atoms. The quantitative estimate of drug-likeness (QED) is 0.591. The smallest absolute Gasteiger partial charge is 0.272 e. The highest BCUT2D eigenvalue weighted by molar-refractivity contribution is 7.12. The lowest BCUT2D eigenvalue weighted by molar-refractivity contribution is 0.0934. The van der Waals surface area contributed by atoms with Gasteiger partial charge in [0.05, 0.1) is 6.04 Å². The second-order valence-corrected chi connectivity index (χ2v) is 5.97. The van der Waals surface area contributed by atoms with Gasteiger partial charge >= 0.3 is 0 Å².